The number of nitrogen functional groups attached to an aromatic ring is 1. The smallest absolute Gasteiger partial charge is 0.0378 e. The van der Waals surface area contributed by atoms with Gasteiger partial charge in [-0.15, -0.1) is 0 Å². The van der Waals surface area contributed by atoms with Crippen LogP contribution in [-0.4, -0.2) is 22.5 Å². The maximum Gasteiger partial charge on any atom is 0.0378 e. The van der Waals surface area contributed by atoms with Gasteiger partial charge in [-0.25, -0.2) is 0 Å². The summed E-state index contributed by atoms with van der Waals surface area (Å²) in [5, 5.41) is 0. The largest absolute Gasteiger partial charge is 0.398 e. The zero-order valence-electron chi connectivity index (χ0n) is 8.94. The Morgan fingerprint density at radius 1 is 1.60 bits per heavy atom. The fraction of sp³-hybridized carbons (Fsp3) is 0.500. The van der Waals surface area contributed by atoms with Gasteiger partial charge in [0, 0.05) is 29.9 Å². The molecule has 0 spiro atoms. The van der Waals surface area contributed by atoms with Gasteiger partial charge in [0.2, 0.25) is 0 Å². The highest BCUT2D eigenvalue weighted by Gasteiger charge is 2.09. The number of nitrogens with one attached hydrogen (secondary N) is 1. The number of aromatic nitrogens is 1. The molecule has 1 rings (SSSR count). The highest BCUT2D eigenvalue weighted by Crippen LogP contribution is 2.13. The predicted molar refractivity (Wildman–Crippen MR) is 66.5 cm³/mol. The SMILES string of the molecule is CCSCC(Cc1cnccc1N)NN. The van der Waals surface area contributed by atoms with E-state index in [-0.39, 0.29) is 6.04 Å². The van der Waals surface area contributed by atoms with Crippen molar-refractivity contribution in [1.29, 1.82) is 0 Å². The molecule has 0 aliphatic rings. The van der Waals surface area contributed by atoms with E-state index in [2.05, 4.69) is 17.3 Å². The Bertz CT molecular complexity index is 293. The van der Waals surface area contributed by atoms with E-state index in [1.165, 1.54) is 0 Å². The molecule has 1 aromatic heterocycles. The monoisotopic (exact) mass is 226 g/mol. The minimum Gasteiger partial charge on any atom is -0.398 e. The second-order valence-electron chi connectivity index (χ2n) is 3.30. The lowest BCUT2D eigenvalue weighted by molar-refractivity contribution is 0.575. The van der Waals surface area contributed by atoms with Gasteiger partial charge in [0.15, 0.2) is 0 Å². The Balaban J connectivity index is 2.54. The van der Waals surface area contributed by atoms with Gasteiger partial charge in [0.25, 0.3) is 0 Å². The third-order valence-corrected chi connectivity index (χ3v) is 3.21. The van der Waals surface area contributed by atoms with Crippen molar-refractivity contribution in [3.8, 4) is 0 Å². The number of hydrogen-bond acceptors (Lipinski definition) is 5. The molecule has 0 bridgehead atoms. The molecule has 5 heteroatoms. The first kappa shape index (κ1) is 12.3. The lowest BCUT2D eigenvalue weighted by Crippen LogP contribution is -2.38. The molecule has 0 saturated heterocycles. The molecule has 1 heterocycles. The minimum absolute atomic E-state index is 0.251. The number of hydrogen-bond donors (Lipinski definition) is 3. The number of thioether (sulfide) groups is 1. The summed E-state index contributed by atoms with van der Waals surface area (Å²) in [6.45, 7) is 2.14. The fourth-order valence-corrected chi connectivity index (χ4v) is 2.03. The van der Waals surface area contributed by atoms with Gasteiger partial charge in [0.05, 0.1) is 0 Å². The standard InChI is InChI=1S/C10H18N4S/c1-2-15-7-9(14-12)5-8-6-13-4-3-10(8)11/h3-4,6,9,14H,2,5,7,12H2,1H3,(H2,11,13). The summed E-state index contributed by atoms with van der Waals surface area (Å²) in [7, 11) is 0. The summed E-state index contributed by atoms with van der Waals surface area (Å²) in [6.07, 6.45) is 4.32. The maximum absolute atomic E-state index is 5.84. The summed E-state index contributed by atoms with van der Waals surface area (Å²) < 4.78 is 0. The van der Waals surface area contributed by atoms with Gasteiger partial charge >= 0.3 is 0 Å². The summed E-state index contributed by atoms with van der Waals surface area (Å²) in [4.78, 5) is 4.06. The van der Waals surface area contributed by atoms with E-state index >= 15 is 0 Å². The average molecular weight is 226 g/mol. The van der Waals surface area contributed by atoms with Crippen LogP contribution in [-0.2, 0) is 6.42 Å². The molecule has 84 valence electrons. The lowest BCUT2D eigenvalue weighted by Gasteiger charge is -2.15. The second kappa shape index (κ2) is 6.66. The molecule has 1 aromatic rings. The molecule has 1 atom stereocenters. The van der Waals surface area contributed by atoms with Gasteiger partial charge in [-0.1, -0.05) is 6.92 Å². The molecule has 0 radical (unpaired) electrons. The van der Waals surface area contributed by atoms with Crippen molar-refractivity contribution in [1.82, 2.24) is 10.4 Å². The van der Waals surface area contributed by atoms with Gasteiger partial charge in [-0.3, -0.25) is 16.3 Å². The minimum atomic E-state index is 0.251. The first-order valence-electron chi connectivity index (χ1n) is 5.00. The van der Waals surface area contributed by atoms with Crippen molar-refractivity contribution in [3.05, 3.63) is 24.0 Å². The van der Waals surface area contributed by atoms with E-state index in [0.29, 0.717) is 0 Å². The zero-order valence-corrected chi connectivity index (χ0v) is 9.76. The Morgan fingerprint density at radius 3 is 3.00 bits per heavy atom. The van der Waals surface area contributed by atoms with Crippen LogP contribution >= 0.6 is 11.8 Å². The lowest BCUT2D eigenvalue weighted by atomic mass is 10.1. The molecule has 15 heavy (non-hydrogen) atoms. The van der Waals surface area contributed by atoms with Gasteiger partial charge in [-0.2, -0.15) is 11.8 Å². The van der Waals surface area contributed by atoms with Crippen molar-refractivity contribution >= 4 is 17.4 Å². The summed E-state index contributed by atoms with van der Waals surface area (Å²) in [5.74, 6) is 7.57. The normalized spacial score (nSPS) is 12.7. The number of nitrogens with two attached hydrogens (primary N) is 2. The summed E-state index contributed by atoms with van der Waals surface area (Å²) in [6, 6.07) is 2.07. The van der Waals surface area contributed by atoms with Crippen LogP contribution < -0.4 is 17.0 Å². The maximum atomic E-state index is 5.84. The molecule has 0 fully saturated rings. The van der Waals surface area contributed by atoms with Crippen LogP contribution in [0.15, 0.2) is 18.5 Å². The molecular weight excluding hydrogens is 208 g/mol. The first-order chi connectivity index (χ1) is 7.27. The van der Waals surface area contributed by atoms with Gasteiger partial charge < -0.3 is 5.73 Å². The highest BCUT2D eigenvalue weighted by atomic mass is 32.2. The van der Waals surface area contributed by atoms with Crippen LogP contribution in [0.1, 0.15) is 12.5 Å². The van der Waals surface area contributed by atoms with Gasteiger partial charge in [-0.05, 0) is 23.8 Å². The van der Waals surface area contributed by atoms with Crippen molar-refractivity contribution in [2.75, 3.05) is 17.2 Å². The van der Waals surface area contributed by atoms with E-state index in [1.807, 2.05) is 17.8 Å². The number of hydrazine groups is 1. The zero-order chi connectivity index (χ0) is 11.1. The van der Waals surface area contributed by atoms with Crippen LogP contribution in [0.4, 0.5) is 5.69 Å². The molecule has 0 amide bonds. The Hall–Kier alpha value is -0.780. The van der Waals surface area contributed by atoms with E-state index in [9.17, 15) is 0 Å². The van der Waals surface area contributed by atoms with Crippen LogP contribution in [0.25, 0.3) is 0 Å². The molecule has 0 aromatic carbocycles. The Kier molecular flexibility index (Phi) is 5.45. The third kappa shape index (κ3) is 4.07. The van der Waals surface area contributed by atoms with Crippen molar-refractivity contribution < 1.29 is 0 Å². The first-order valence-corrected chi connectivity index (χ1v) is 6.15. The Morgan fingerprint density at radius 2 is 2.40 bits per heavy atom. The van der Waals surface area contributed by atoms with E-state index in [1.54, 1.807) is 12.4 Å². The predicted octanol–water partition coefficient (Wildman–Crippen LogP) is 0.791. The molecule has 0 aliphatic carbocycles. The van der Waals surface area contributed by atoms with Crippen LogP contribution in [0.2, 0.25) is 0 Å². The molecule has 0 saturated carbocycles. The third-order valence-electron chi connectivity index (χ3n) is 2.17. The van der Waals surface area contributed by atoms with Crippen LogP contribution in [0, 0.1) is 0 Å². The van der Waals surface area contributed by atoms with Crippen molar-refractivity contribution in [2.45, 2.75) is 19.4 Å². The summed E-state index contributed by atoms with van der Waals surface area (Å²) in [5.41, 5.74) is 10.5. The Labute approximate surface area is 94.8 Å². The number of rotatable bonds is 6. The number of anilines is 1. The summed E-state index contributed by atoms with van der Waals surface area (Å²) >= 11 is 1.86. The molecular formula is C10H18N4S. The van der Waals surface area contributed by atoms with Gasteiger partial charge in [0.1, 0.15) is 0 Å². The molecule has 4 nitrogen and oxygen atoms in total. The van der Waals surface area contributed by atoms with Crippen molar-refractivity contribution in [2.24, 2.45) is 5.84 Å². The number of nitrogens with zero attached hydrogens (tertiary/aromatic N) is 1. The van der Waals surface area contributed by atoms with Crippen molar-refractivity contribution in [3.63, 3.8) is 0 Å². The molecule has 0 aliphatic heterocycles. The quantitative estimate of drug-likeness (QED) is 0.494. The van der Waals surface area contributed by atoms with Crippen LogP contribution in [0.5, 0.6) is 0 Å². The van der Waals surface area contributed by atoms with E-state index < -0.39 is 0 Å². The van der Waals surface area contributed by atoms with E-state index in [0.717, 1.165) is 29.2 Å². The van der Waals surface area contributed by atoms with E-state index in [4.69, 9.17) is 11.6 Å². The average Bonchev–Trinajstić information content (AvgIpc) is 2.26. The molecule has 5 N–H and O–H groups in total. The van der Waals surface area contributed by atoms with Crippen LogP contribution in [0.3, 0.4) is 0 Å². The fourth-order valence-electron chi connectivity index (χ4n) is 1.30. The number of pyridine rings is 1. The molecule has 1 unspecified atom stereocenters. The topological polar surface area (TPSA) is 77.0 Å². The highest BCUT2D eigenvalue weighted by molar-refractivity contribution is 7.99. The second-order valence-corrected chi connectivity index (χ2v) is 4.62.